The summed E-state index contributed by atoms with van der Waals surface area (Å²) in [4.78, 5) is 12.5. The Hall–Kier alpha value is -1.39. The van der Waals surface area contributed by atoms with Crippen LogP contribution in [0.2, 0.25) is 0 Å². The van der Waals surface area contributed by atoms with Crippen LogP contribution >= 0.6 is 0 Å². The molecule has 4 heteroatoms. The first-order valence-corrected chi connectivity index (χ1v) is 31.2. The van der Waals surface area contributed by atoms with E-state index >= 15 is 0 Å². The third kappa shape index (κ3) is 55.5. The van der Waals surface area contributed by atoms with E-state index in [-0.39, 0.29) is 12.5 Å². The van der Waals surface area contributed by atoms with E-state index < -0.39 is 12.1 Å². The third-order valence-electron chi connectivity index (χ3n) is 14.6. The van der Waals surface area contributed by atoms with Crippen molar-refractivity contribution in [3.05, 3.63) is 36.5 Å². The maximum absolute atomic E-state index is 12.5. The maximum Gasteiger partial charge on any atom is 0.220 e. The van der Waals surface area contributed by atoms with Crippen LogP contribution in [0.5, 0.6) is 0 Å². The normalized spacial score (nSPS) is 12.9. The largest absolute Gasteiger partial charge is 0.394 e. The van der Waals surface area contributed by atoms with Crippen molar-refractivity contribution in [1.82, 2.24) is 5.32 Å². The van der Waals surface area contributed by atoms with Crippen LogP contribution < -0.4 is 5.32 Å². The number of hydrogen-bond acceptors (Lipinski definition) is 3. The molecule has 0 aromatic heterocycles. The zero-order chi connectivity index (χ0) is 49.2. The number of carbonyl (C=O) groups excluding carboxylic acids is 1. The summed E-state index contributed by atoms with van der Waals surface area (Å²) in [6.07, 6.45) is 82.0. The van der Waals surface area contributed by atoms with Gasteiger partial charge < -0.3 is 15.5 Å². The lowest BCUT2D eigenvalue weighted by molar-refractivity contribution is -0.123. The highest BCUT2D eigenvalue weighted by molar-refractivity contribution is 5.76. The van der Waals surface area contributed by atoms with Gasteiger partial charge in [0.1, 0.15) is 0 Å². The molecule has 0 aliphatic carbocycles. The quantitative estimate of drug-likeness (QED) is 0.0420. The van der Waals surface area contributed by atoms with Gasteiger partial charge in [0.2, 0.25) is 5.91 Å². The molecule has 0 heterocycles. The SMILES string of the molecule is CCCCCCCCCC/C=C\CCCCCCCCCCCCCCCCCCCCCC(=O)NC(CO)C(O)/C=C/CC/C=C/CCCCCCCCCCCCCCCCCCCCC. The minimum Gasteiger partial charge on any atom is -0.394 e. The molecule has 0 saturated carbocycles. The van der Waals surface area contributed by atoms with Crippen molar-refractivity contribution in [3.63, 3.8) is 0 Å². The number of aliphatic hydroxyl groups is 2. The Morgan fingerprint density at radius 3 is 0.853 bits per heavy atom. The monoisotopic (exact) mass is 954 g/mol. The fraction of sp³-hybridized carbons (Fsp3) is 0.891. The molecule has 2 unspecified atom stereocenters. The topological polar surface area (TPSA) is 69.6 Å². The maximum atomic E-state index is 12.5. The van der Waals surface area contributed by atoms with Crippen molar-refractivity contribution in [2.45, 2.75) is 360 Å². The summed E-state index contributed by atoms with van der Waals surface area (Å²) < 4.78 is 0. The fourth-order valence-corrected chi connectivity index (χ4v) is 9.84. The van der Waals surface area contributed by atoms with Crippen molar-refractivity contribution in [3.8, 4) is 0 Å². The minimum atomic E-state index is -0.862. The van der Waals surface area contributed by atoms with E-state index in [0.29, 0.717) is 6.42 Å². The molecule has 68 heavy (non-hydrogen) atoms. The van der Waals surface area contributed by atoms with Crippen molar-refractivity contribution in [2.75, 3.05) is 6.61 Å². The molecule has 0 fully saturated rings. The van der Waals surface area contributed by atoms with Crippen LogP contribution in [0, 0.1) is 0 Å². The van der Waals surface area contributed by atoms with E-state index in [9.17, 15) is 15.0 Å². The van der Waals surface area contributed by atoms with Crippen molar-refractivity contribution in [2.24, 2.45) is 0 Å². The van der Waals surface area contributed by atoms with Gasteiger partial charge in [0.15, 0.2) is 0 Å². The average molecular weight is 955 g/mol. The van der Waals surface area contributed by atoms with Crippen LogP contribution in [0.25, 0.3) is 0 Å². The molecule has 0 aliphatic heterocycles. The molecule has 3 N–H and O–H groups in total. The van der Waals surface area contributed by atoms with Crippen LogP contribution in [0.3, 0.4) is 0 Å². The first-order valence-electron chi connectivity index (χ1n) is 31.2. The summed E-state index contributed by atoms with van der Waals surface area (Å²) in [5.41, 5.74) is 0. The fourth-order valence-electron chi connectivity index (χ4n) is 9.84. The number of allylic oxidation sites excluding steroid dienone is 5. The molecular formula is C64H123NO3. The molecule has 0 spiro atoms. The van der Waals surface area contributed by atoms with Gasteiger partial charge in [-0.3, -0.25) is 4.79 Å². The van der Waals surface area contributed by atoms with Crippen molar-refractivity contribution < 1.29 is 15.0 Å². The van der Waals surface area contributed by atoms with Crippen LogP contribution in [-0.2, 0) is 4.79 Å². The van der Waals surface area contributed by atoms with E-state index in [4.69, 9.17) is 0 Å². The van der Waals surface area contributed by atoms with Gasteiger partial charge in [-0.05, 0) is 57.8 Å². The summed E-state index contributed by atoms with van der Waals surface area (Å²) in [6.45, 7) is 4.34. The van der Waals surface area contributed by atoms with E-state index in [2.05, 4.69) is 43.5 Å². The summed E-state index contributed by atoms with van der Waals surface area (Å²) in [5, 5.41) is 23.2. The highest BCUT2D eigenvalue weighted by atomic mass is 16.3. The Morgan fingerprint density at radius 1 is 0.338 bits per heavy atom. The molecule has 2 atom stereocenters. The second-order valence-electron chi connectivity index (χ2n) is 21.5. The number of carbonyl (C=O) groups is 1. The average Bonchev–Trinajstić information content (AvgIpc) is 3.34. The zero-order valence-electron chi connectivity index (χ0n) is 46.4. The van der Waals surface area contributed by atoms with Crippen molar-refractivity contribution >= 4 is 5.91 Å². The molecular weight excluding hydrogens is 831 g/mol. The highest BCUT2D eigenvalue weighted by Gasteiger charge is 2.18. The number of hydrogen-bond donors (Lipinski definition) is 3. The molecule has 4 nitrogen and oxygen atoms in total. The standard InChI is InChI=1S/C64H123NO3/c1-3-5-7-9-11-13-15-17-19-21-23-25-27-29-30-31-32-33-34-36-38-40-42-44-46-48-50-52-54-56-58-60-64(68)65-62(61-66)63(67)59-57-55-53-51-49-47-45-43-41-39-37-35-28-26-24-22-20-18-16-14-12-10-8-6-4-2/h21,23,49,51,57,59,62-63,66-67H,3-20,22,24-48,50,52-56,58,60-61H2,1-2H3,(H,65,68)/b23-21-,51-49+,59-57+. The molecule has 0 aromatic carbocycles. The highest BCUT2D eigenvalue weighted by Crippen LogP contribution is 2.18. The van der Waals surface area contributed by atoms with Crippen LogP contribution in [0.4, 0.5) is 0 Å². The Kier molecular flexibility index (Phi) is 58.7. The van der Waals surface area contributed by atoms with E-state index in [1.807, 2.05) is 6.08 Å². The first-order chi connectivity index (χ1) is 33.7. The van der Waals surface area contributed by atoms with Crippen LogP contribution in [0.15, 0.2) is 36.5 Å². The summed E-state index contributed by atoms with van der Waals surface area (Å²) in [6, 6.07) is -0.638. The van der Waals surface area contributed by atoms with Gasteiger partial charge in [-0.15, -0.1) is 0 Å². The van der Waals surface area contributed by atoms with Crippen LogP contribution in [-0.4, -0.2) is 34.9 Å². The molecule has 0 radical (unpaired) electrons. The van der Waals surface area contributed by atoms with Gasteiger partial charge in [0, 0.05) is 6.42 Å². The van der Waals surface area contributed by atoms with Gasteiger partial charge in [-0.1, -0.05) is 320 Å². The number of rotatable bonds is 58. The molecule has 1 amide bonds. The van der Waals surface area contributed by atoms with E-state index in [1.165, 1.54) is 295 Å². The van der Waals surface area contributed by atoms with Gasteiger partial charge in [-0.25, -0.2) is 0 Å². The smallest absolute Gasteiger partial charge is 0.220 e. The number of nitrogens with one attached hydrogen (secondary N) is 1. The third-order valence-corrected chi connectivity index (χ3v) is 14.6. The molecule has 0 saturated heterocycles. The summed E-state index contributed by atoms with van der Waals surface area (Å²) in [7, 11) is 0. The van der Waals surface area contributed by atoms with Crippen molar-refractivity contribution in [1.29, 1.82) is 0 Å². The van der Waals surface area contributed by atoms with Gasteiger partial charge in [-0.2, -0.15) is 0 Å². The van der Waals surface area contributed by atoms with E-state index in [0.717, 1.165) is 32.1 Å². The number of unbranched alkanes of at least 4 members (excludes halogenated alkanes) is 47. The summed E-state index contributed by atoms with van der Waals surface area (Å²) in [5.74, 6) is -0.0670. The molecule has 402 valence electrons. The minimum absolute atomic E-state index is 0.0670. The zero-order valence-corrected chi connectivity index (χ0v) is 46.4. The number of aliphatic hydroxyl groups excluding tert-OH is 2. The molecule has 0 aliphatic rings. The Labute approximate surface area is 427 Å². The Morgan fingerprint density at radius 2 is 0.574 bits per heavy atom. The molecule has 0 rings (SSSR count). The number of amides is 1. The summed E-state index contributed by atoms with van der Waals surface area (Å²) >= 11 is 0. The lowest BCUT2D eigenvalue weighted by atomic mass is 10.0. The second-order valence-corrected chi connectivity index (χ2v) is 21.5. The van der Waals surface area contributed by atoms with E-state index in [1.54, 1.807) is 6.08 Å². The lowest BCUT2D eigenvalue weighted by Crippen LogP contribution is -2.45. The van der Waals surface area contributed by atoms with Gasteiger partial charge in [0.25, 0.3) is 0 Å². The predicted octanol–water partition coefficient (Wildman–Crippen LogP) is 20.8. The predicted molar refractivity (Wildman–Crippen MR) is 304 cm³/mol. The Bertz CT molecular complexity index is 1040. The lowest BCUT2D eigenvalue weighted by Gasteiger charge is -2.19. The van der Waals surface area contributed by atoms with Crippen LogP contribution in [0.1, 0.15) is 348 Å². The Balaban J connectivity index is 3.47. The first kappa shape index (κ1) is 66.6. The molecule has 0 bridgehead atoms. The van der Waals surface area contributed by atoms with Gasteiger partial charge in [0.05, 0.1) is 18.8 Å². The van der Waals surface area contributed by atoms with Gasteiger partial charge >= 0.3 is 0 Å². The second kappa shape index (κ2) is 59.9. The molecule has 0 aromatic rings.